The van der Waals surface area contributed by atoms with Crippen LogP contribution in [0, 0.1) is 0 Å². The van der Waals surface area contributed by atoms with Crippen LogP contribution in [-0.4, -0.2) is 5.37 Å². The standard InChI is InChI=1S/C3H8N4S2/c4-6-2-1-8-9-3(2)7-5/h1,3,6-7H,4-5H2. The van der Waals surface area contributed by atoms with Crippen molar-refractivity contribution in [2.45, 2.75) is 5.37 Å². The van der Waals surface area contributed by atoms with E-state index >= 15 is 0 Å². The fraction of sp³-hybridized carbons (Fsp3) is 0.333. The lowest BCUT2D eigenvalue weighted by Gasteiger charge is -2.09. The van der Waals surface area contributed by atoms with Crippen LogP contribution in [0.5, 0.6) is 0 Å². The van der Waals surface area contributed by atoms with Crippen LogP contribution in [0.4, 0.5) is 0 Å². The van der Waals surface area contributed by atoms with Crippen LogP contribution in [0.25, 0.3) is 0 Å². The zero-order valence-electron chi connectivity index (χ0n) is 4.63. The quantitative estimate of drug-likeness (QED) is 0.250. The second kappa shape index (κ2) is 3.33. The van der Waals surface area contributed by atoms with Gasteiger partial charge in [-0.25, -0.2) is 5.43 Å². The first kappa shape index (κ1) is 7.23. The highest BCUT2D eigenvalue weighted by Gasteiger charge is 2.17. The third-order valence-electron chi connectivity index (χ3n) is 0.927. The molecule has 0 aromatic carbocycles. The number of hydrogen-bond donors (Lipinski definition) is 4. The maximum atomic E-state index is 5.18. The van der Waals surface area contributed by atoms with Gasteiger partial charge in [0.25, 0.3) is 0 Å². The molecule has 1 atom stereocenters. The van der Waals surface area contributed by atoms with E-state index in [1.54, 1.807) is 21.6 Å². The zero-order valence-corrected chi connectivity index (χ0v) is 6.26. The van der Waals surface area contributed by atoms with Crippen LogP contribution in [0.2, 0.25) is 0 Å². The first-order valence-corrected chi connectivity index (χ1v) is 4.61. The molecule has 52 valence electrons. The van der Waals surface area contributed by atoms with Crippen LogP contribution in [0.15, 0.2) is 11.1 Å². The van der Waals surface area contributed by atoms with Crippen LogP contribution in [-0.2, 0) is 0 Å². The van der Waals surface area contributed by atoms with E-state index in [1.165, 1.54) is 0 Å². The second-order valence-electron chi connectivity index (χ2n) is 1.46. The Morgan fingerprint density at radius 2 is 2.33 bits per heavy atom. The van der Waals surface area contributed by atoms with Gasteiger partial charge in [-0.15, -0.1) is 0 Å². The molecule has 6 heteroatoms. The van der Waals surface area contributed by atoms with E-state index in [9.17, 15) is 0 Å². The number of rotatable bonds is 2. The largest absolute Gasteiger partial charge is 0.325 e. The lowest BCUT2D eigenvalue weighted by molar-refractivity contribution is 0.698. The number of nitrogens with two attached hydrogens (primary N) is 2. The molecular formula is C3H8N4S2. The van der Waals surface area contributed by atoms with Crippen LogP contribution in [0.3, 0.4) is 0 Å². The highest BCUT2D eigenvalue weighted by molar-refractivity contribution is 8.78. The van der Waals surface area contributed by atoms with Gasteiger partial charge in [0, 0.05) is 5.41 Å². The van der Waals surface area contributed by atoms with Crippen LogP contribution in [0.1, 0.15) is 0 Å². The molecule has 1 heterocycles. The molecular weight excluding hydrogens is 156 g/mol. The fourth-order valence-electron chi connectivity index (χ4n) is 0.476. The van der Waals surface area contributed by atoms with E-state index in [2.05, 4.69) is 10.9 Å². The number of hydrogen-bond acceptors (Lipinski definition) is 6. The maximum Gasteiger partial charge on any atom is 0.118 e. The van der Waals surface area contributed by atoms with Crippen molar-refractivity contribution in [1.82, 2.24) is 10.9 Å². The van der Waals surface area contributed by atoms with Crippen LogP contribution < -0.4 is 22.5 Å². The third kappa shape index (κ3) is 1.53. The van der Waals surface area contributed by atoms with Gasteiger partial charge in [-0.05, 0) is 0 Å². The maximum absolute atomic E-state index is 5.18. The second-order valence-corrected chi connectivity index (χ2v) is 3.70. The first-order valence-electron chi connectivity index (χ1n) is 2.33. The molecule has 0 aromatic heterocycles. The average Bonchev–Trinajstić information content (AvgIpc) is 2.33. The molecule has 1 rings (SSSR count). The summed E-state index contributed by atoms with van der Waals surface area (Å²) in [5.74, 6) is 10.3. The minimum absolute atomic E-state index is 0.111. The fourth-order valence-corrected chi connectivity index (χ4v) is 2.62. The molecule has 1 unspecified atom stereocenters. The van der Waals surface area contributed by atoms with Crippen molar-refractivity contribution in [2.75, 3.05) is 0 Å². The van der Waals surface area contributed by atoms with Crippen molar-refractivity contribution in [3.8, 4) is 0 Å². The monoisotopic (exact) mass is 164 g/mol. The Hall–Kier alpha value is 0.120. The van der Waals surface area contributed by atoms with Crippen molar-refractivity contribution in [1.29, 1.82) is 0 Å². The Kier molecular flexibility index (Phi) is 2.67. The average molecular weight is 164 g/mol. The predicted molar refractivity (Wildman–Crippen MR) is 41.7 cm³/mol. The molecule has 0 bridgehead atoms. The van der Waals surface area contributed by atoms with Gasteiger partial charge in [-0.2, -0.15) is 0 Å². The van der Waals surface area contributed by atoms with E-state index in [4.69, 9.17) is 11.7 Å². The lowest BCUT2D eigenvalue weighted by atomic mass is 10.5. The number of hydrazine groups is 2. The normalized spacial score (nSPS) is 26.0. The van der Waals surface area contributed by atoms with Gasteiger partial charge >= 0.3 is 0 Å². The third-order valence-corrected chi connectivity index (χ3v) is 3.17. The van der Waals surface area contributed by atoms with Crippen molar-refractivity contribution in [3.05, 3.63) is 11.1 Å². The Balaban J connectivity index is 2.47. The molecule has 9 heavy (non-hydrogen) atoms. The van der Waals surface area contributed by atoms with E-state index < -0.39 is 0 Å². The van der Waals surface area contributed by atoms with E-state index in [0.29, 0.717) is 0 Å². The van der Waals surface area contributed by atoms with E-state index in [1.807, 2.05) is 5.41 Å². The molecule has 4 nitrogen and oxygen atoms in total. The highest BCUT2D eigenvalue weighted by Crippen LogP contribution is 2.36. The molecule has 0 fully saturated rings. The summed E-state index contributed by atoms with van der Waals surface area (Å²) < 4.78 is 0. The molecule has 0 saturated carbocycles. The van der Waals surface area contributed by atoms with Gasteiger partial charge in [-0.1, -0.05) is 21.6 Å². The Labute approximate surface area is 61.1 Å². The minimum Gasteiger partial charge on any atom is -0.325 e. The molecule has 1 aliphatic rings. The lowest BCUT2D eigenvalue weighted by Crippen LogP contribution is -2.38. The summed E-state index contributed by atoms with van der Waals surface area (Å²) in [7, 11) is 3.23. The Morgan fingerprint density at radius 3 is 2.78 bits per heavy atom. The SMILES string of the molecule is NNC1=CSSC1NN. The Bertz CT molecular complexity index is 125. The molecule has 0 aromatic rings. The first-order chi connectivity index (χ1) is 4.38. The summed E-state index contributed by atoms with van der Waals surface area (Å²) in [5, 5.41) is 2.04. The molecule has 0 radical (unpaired) electrons. The van der Waals surface area contributed by atoms with Gasteiger partial charge in [0.1, 0.15) is 5.37 Å². The topological polar surface area (TPSA) is 76.1 Å². The van der Waals surface area contributed by atoms with Crippen molar-refractivity contribution >= 4 is 21.6 Å². The van der Waals surface area contributed by atoms with Gasteiger partial charge in [0.05, 0.1) is 5.70 Å². The van der Waals surface area contributed by atoms with Gasteiger partial charge in [0.15, 0.2) is 0 Å². The number of nitrogens with one attached hydrogen (secondary N) is 2. The zero-order chi connectivity index (χ0) is 6.69. The predicted octanol–water partition coefficient (Wildman–Crippen LogP) is -0.525. The van der Waals surface area contributed by atoms with Crippen LogP contribution >= 0.6 is 21.6 Å². The smallest absolute Gasteiger partial charge is 0.118 e. The molecule has 0 aliphatic carbocycles. The molecule has 6 N–H and O–H groups in total. The summed E-state index contributed by atoms with van der Waals surface area (Å²) in [6.07, 6.45) is 0. The highest BCUT2D eigenvalue weighted by atomic mass is 33.1. The summed E-state index contributed by atoms with van der Waals surface area (Å²) in [6.45, 7) is 0. The van der Waals surface area contributed by atoms with Crippen molar-refractivity contribution in [2.24, 2.45) is 11.7 Å². The summed E-state index contributed by atoms with van der Waals surface area (Å²) in [6, 6.07) is 0. The summed E-state index contributed by atoms with van der Waals surface area (Å²) >= 11 is 0. The molecule has 0 saturated heterocycles. The summed E-state index contributed by atoms with van der Waals surface area (Å²) in [4.78, 5) is 0. The van der Waals surface area contributed by atoms with Gasteiger partial charge < -0.3 is 5.43 Å². The molecule has 0 amide bonds. The van der Waals surface area contributed by atoms with Gasteiger partial charge in [0.2, 0.25) is 0 Å². The molecule has 0 spiro atoms. The van der Waals surface area contributed by atoms with Crippen molar-refractivity contribution in [3.63, 3.8) is 0 Å². The van der Waals surface area contributed by atoms with E-state index in [0.717, 1.165) is 5.70 Å². The Morgan fingerprint density at radius 1 is 1.56 bits per heavy atom. The van der Waals surface area contributed by atoms with E-state index in [-0.39, 0.29) is 5.37 Å². The van der Waals surface area contributed by atoms with Gasteiger partial charge in [-0.3, -0.25) is 11.7 Å². The summed E-state index contributed by atoms with van der Waals surface area (Å²) in [5.41, 5.74) is 6.06. The molecule has 1 aliphatic heterocycles. The minimum atomic E-state index is 0.111. The van der Waals surface area contributed by atoms with Crippen molar-refractivity contribution < 1.29 is 0 Å².